The second-order valence-corrected chi connectivity index (χ2v) is 5.59. The van der Waals surface area contributed by atoms with Crippen molar-refractivity contribution in [1.82, 2.24) is 9.97 Å². The molecule has 0 unspecified atom stereocenters. The second-order valence-electron chi connectivity index (χ2n) is 4.74. The first kappa shape index (κ1) is 15.2. The largest absolute Gasteiger partial charge is 0.369 e. The second kappa shape index (κ2) is 8.29. The molecule has 0 bridgehead atoms. The Bertz CT molecular complexity index is 355. The molecule has 0 fully saturated rings. The zero-order valence-electron chi connectivity index (χ0n) is 11.5. The molecular formula is C13H23BrN4. The Morgan fingerprint density at radius 3 is 2.72 bits per heavy atom. The van der Waals surface area contributed by atoms with E-state index in [-0.39, 0.29) is 0 Å². The maximum Gasteiger partial charge on any atom is 0.224 e. The summed E-state index contributed by atoms with van der Waals surface area (Å²) in [6.45, 7) is 8.34. The molecule has 18 heavy (non-hydrogen) atoms. The summed E-state index contributed by atoms with van der Waals surface area (Å²) in [6, 6.07) is 0. The Morgan fingerprint density at radius 2 is 2.06 bits per heavy atom. The van der Waals surface area contributed by atoms with Gasteiger partial charge in [0.05, 0.1) is 4.47 Å². The summed E-state index contributed by atoms with van der Waals surface area (Å²) in [5.41, 5.74) is 0. The number of hydrogen-bond donors (Lipinski definition) is 2. The van der Waals surface area contributed by atoms with Gasteiger partial charge in [-0.15, -0.1) is 0 Å². The third kappa shape index (κ3) is 5.67. The molecule has 2 N–H and O–H groups in total. The molecule has 1 aromatic rings. The van der Waals surface area contributed by atoms with Crippen molar-refractivity contribution < 1.29 is 0 Å². The van der Waals surface area contributed by atoms with E-state index in [4.69, 9.17) is 0 Å². The predicted molar refractivity (Wildman–Crippen MR) is 81.1 cm³/mol. The first-order valence-corrected chi connectivity index (χ1v) is 7.43. The zero-order chi connectivity index (χ0) is 13.4. The molecule has 0 saturated carbocycles. The van der Waals surface area contributed by atoms with Gasteiger partial charge in [-0.05, 0) is 35.2 Å². The molecule has 0 amide bonds. The molecule has 0 aliphatic heterocycles. The van der Waals surface area contributed by atoms with Gasteiger partial charge < -0.3 is 10.6 Å². The topological polar surface area (TPSA) is 49.8 Å². The number of halogens is 1. The van der Waals surface area contributed by atoms with Crippen molar-refractivity contribution in [2.75, 3.05) is 23.7 Å². The molecule has 0 saturated heterocycles. The molecule has 102 valence electrons. The van der Waals surface area contributed by atoms with Crippen LogP contribution in [0.2, 0.25) is 0 Å². The molecule has 4 nitrogen and oxygen atoms in total. The van der Waals surface area contributed by atoms with Crippen LogP contribution in [0.15, 0.2) is 10.7 Å². The Balaban J connectivity index is 2.38. The highest BCUT2D eigenvalue weighted by molar-refractivity contribution is 9.10. The van der Waals surface area contributed by atoms with E-state index in [0.29, 0.717) is 5.95 Å². The summed E-state index contributed by atoms with van der Waals surface area (Å²) in [6.07, 6.45) is 5.50. The number of nitrogens with zero attached hydrogens (tertiary/aromatic N) is 2. The van der Waals surface area contributed by atoms with E-state index in [9.17, 15) is 0 Å². The van der Waals surface area contributed by atoms with Gasteiger partial charge in [0.25, 0.3) is 0 Å². The normalized spacial score (nSPS) is 10.7. The van der Waals surface area contributed by atoms with Gasteiger partial charge in [-0.25, -0.2) is 4.98 Å². The summed E-state index contributed by atoms with van der Waals surface area (Å²) in [5, 5.41) is 6.46. The quantitative estimate of drug-likeness (QED) is 0.714. The molecule has 1 rings (SSSR count). The first-order chi connectivity index (χ1) is 8.63. The highest BCUT2D eigenvalue weighted by Gasteiger charge is 2.03. The lowest BCUT2D eigenvalue weighted by atomic mass is 10.1. The summed E-state index contributed by atoms with van der Waals surface area (Å²) in [7, 11) is 0. The predicted octanol–water partition coefficient (Wildman–Crippen LogP) is 3.91. The molecular weight excluding hydrogens is 292 g/mol. The van der Waals surface area contributed by atoms with Crippen molar-refractivity contribution >= 4 is 27.7 Å². The summed E-state index contributed by atoms with van der Waals surface area (Å²) >= 11 is 3.46. The standard InChI is InChI=1S/C13H23BrN4/c1-4-15-13-17-9-11(14)12(18-13)16-8-6-5-7-10(2)3/h9-10H,4-8H2,1-3H3,(H2,15,16,17,18). The minimum atomic E-state index is 0.672. The third-order valence-corrected chi connectivity index (χ3v) is 3.16. The molecule has 0 aliphatic carbocycles. The average Bonchev–Trinajstić information content (AvgIpc) is 2.32. The minimum absolute atomic E-state index is 0.672. The van der Waals surface area contributed by atoms with Gasteiger partial charge in [-0.1, -0.05) is 26.7 Å². The maximum absolute atomic E-state index is 4.41. The molecule has 0 aliphatic rings. The smallest absolute Gasteiger partial charge is 0.224 e. The van der Waals surface area contributed by atoms with Crippen LogP contribution in [0.25, 0.3) is 0 Å². The number of aromatic nitrogens is 2. The lowest BCUT2D eigenvalue weighted by molar-refractivity contribution is 0.544. The highest BCUT2D eigenvalue weighted by atomic mass is 79.9. The minimum Gasteiger partial charge on any atom is -0.369 e. The van der Waals surface area contributed by atoms with Crippen LogP contribution in [-0.2, 0) is 0 Å². The number of unbranched alkanes of at least 4 members (excludes halogenated alkanes) is 1. The van der Waals surface area contributed by atoms with Gasteiger partial charge in [-0.3, -0.25) is 0 Å². The van der Waals surface area contributed by atoms with Gasteiger partial charge in [0.2, 0.25) is 5.95 Å². The molecule has 1 aromatic heterocycles. The van der Waals surface area contributed by atoms with E-state index in [1.54, 1.807) is 6.20 Å². The van der Waals surface area contributed by atoms with Crippen LogP contribution in [0.5, 0.6) is 0 Å². The van der Waals surface area contributed by atoms with Gasteiger partial charge in [0.15, 0.2) is 0 Å². The lowest BCUT2D eigenvalue weighted by Gasteiger charge is -2.10. The van der Waals surface area contributed by atoms with Gasteiger partial charge >= 0.3 is 0 Å². The first-order valence-electron chi connectivity index (χ1n) is 6.63. The lowest BCUT2D eigenvalue weighted by Crippen LogP contribution is -2.08. The number of hydrogen-bond acceptors (Lipinski definition) is 4. The van der Waals surface area contributed by atoms with E-state index in [1.165, 1.54) is 19.3 Å². The average molecular weight is 315 g/mol. The molecule has 0 spiro atoms. The van der Waals surface area contributed by atoms with E-state index in [2.05, 4.69) is 50.4 Å². The fraction of sp³-hybridized carbons (Fsp3) is 0.692. The van der Waals surface area contributed by atoms with Crippen molar-refractivity contribution in [3.63, 3.8) is 0 Å². The van der Waals surface area contributed by atoms with E-state index in [1.807, 2.05) is 6.92 Å². The maximum atomic E-state index is 4.41. The molecule has 0 radical (unpaired) electrons. The van der Waals surface area contributed by atoms with Gasteiger partial charge in [-0.2, -0.15) is 4.98 Å². The summed E-state index contributed by atoms with van der Waals surface area (Å²) < 4.78 is 0.910. The Morgan fingerprint density at radius 1 is 1.28 bits per heavy atom. The van der Waals surface area contributed by atoms with Crippen molar-refractivity contribution in [3.8, 4) is 0 Å². The van der Waals surface area contributed by atoms with Crippen LogP contribution in [0.4, 0.5) is 11.8 Å². The van der Waals surface area contributed by atoms with Crippen molar-refractivity contribution in [3.05, 3.63) is 10.7 Å². The van der Waals surface area contributed by atoms with Gasteiger partial charge in [0, 0.05) is 19.3 Å². The Labute approximate surface area is 118 Å². The molecule has 0 aromatic carbocycles. The summed E-state index contributed by atoms with van der Waals surface area (Å²) in [4.78, 5) is 8.60. The molecule has 0 atom stereocenters. The van der Waals surface area contributed by atoms with Crippen LogP contribution < -0.4 is 10.6 Å². The third-order valence-electron chi connectivity index (χ3n) is 2.58. The van der Waals surface area contributed by atoms with Crippen LogP contribution in [0.1, 0.15) is 40.0 Å². The monoisotopic (exact) mass is 314 g/mol. The van der Waals surface area contributed by atoms with Crippen molar-refractivity contribution in [2.24, 2.45) is 5.92 Å². The van der Waals surface area contributed by atoms with Crippen LogP contribution in [-0.4, -0.2) is 23.1 Å². The van der Waals surface area contributed by atoms with E-state index >= 15 is 0 Å². The van der Waals surface area contributed by atoms with Gasteiger partial charge in [0.1, 0.15) is 5.82 Å². The van der Waals surface area contributed by atoms with Crippen LogP contribution in [0, 0.1) is 5.92 Å². The number of anilines is 2. The molecule has 1 heterocycles. The van der Waals surface area contributed by atoms with E-state index < -0.39 is 0 Å². The van der Waals surface area contributed by atoms with Crippen molar-refractivity contribution in [1.29, 1.82) is 0 Å². The zero-order valence-corrected chi connectivity index (χ0v) is 13.0. The van der Waals surface area contributed by atoms with Crippen LogP contribution >= 0.6 is 15.9 Å². The fourth-order valence-electron chi connectivity index (χ4n) is 1.62. The van der Waals surface area contributed by atoms with E-state index in [0.717, 1.165) is 29.3 Å². The van der Waals surface area contributed by atoms with Crippen molar-refractivity contribution in [2.45, 2.75) is 40.0 Å². The number of rotatable bonds is 8. The van der Waals surface area contributed by atoms with Crippen LogP contribution in [0.3, 0.4) is 0 Å². The highest BCUT2D eigenvalue weighted by Crippen LogP contribution is 2.20. The Hall–Kier alpha value is -0.840. The molecule has 5 heteroatoms. The Kier molecular flexibility index (Phi) is 7.01. The SMILES string of the molecule is CCNc1ncc(Br)c(NCCCCC(C)C)n1. The number of nitrogens with one attached hydrogen (secondary N) is 2. The fourth-order valence-corrected chi connectivity index (χ4v) is 1.95. The summed E-state index contributed by atoms with van der Waals surface area (Å²) in [5.74, 6) is 2.33.